The number of thiophene rings is 1. The van der Waals surface area contributed by atoms with Crippen molar-refractivity contribution >= 4 is 76.4 Å². The summed E-state index contributed by atoms with van der Waals surface area (Å²) in [5.74, 6) is 3.16. The average molecular weight is 903 g/mol. The predicted molar refractivity (Wildman–Crippen MR) is 289 cm³/mol. The van der Waals surface area contributed by atoms with Gasteiger partial charge in [-0.2, -0.15) is 0 Å². The second-order valence-electron chi connectivity index (χ2n) is 17.5. The standard InChI is InChI=1S/C62H42N6S/c1-3-17-42(18-4-1)57-63-58(43-19-5-2-6-20-43)65-59(64-57)44-32-30-41(31-33-44)53-38-56-54(50-26-11-12-28-55(50)69-56)37-52(53)46-23-13-24-47(36-46)60-66-61(48-34-29-39-15-7-8-21-45(39)35-48)68-62(67-60)51-27-14-22-40-16-9-10-25-49(40)51/h1-38,57,60H,(H,63,64,65)(H,66,67,68). The molecule has 0 amide bonds. The molecule has 2 unspecified atom stereocenters. The van der Waals surface area contributed by atoms with Crippen LogP contribution in [0.3, 0.4) is 0 Å². The SMILES string of the molecule is c1ccc(C2=NC(c3ccccc3)N=C(c3ccc(-c4cc5sc6ccccc6c5cc4-c4cccc(C5N=C(c6ccc7ccccc7c6)NC(c6cccc7ccccc67)=N5)c4)cc3)N2)cc1. The van der Waals surface area contributed by atoms with Gasteiger partial charge < -0.3 is 10.6 Å². The summed E-state index contributed by atoms with van der Waals surface area (Å²) in [6, 6.07) is 81.5. The molecule has 1 aromatic heterocycles. The molecule has 2 aliphatic heterocycles. The van der Waals surface area contributed by atoms with Gasteiger partial charge in [-0.25, -0.2) is 20.0 Å². The van der Waals surface area contributed by atoms with E-state index >= 15 is 0 Å². The molecule has 3 heterocycles. The molecule has 10 aromatic carbocycles. The minimum absolute atomic E-state index is 0.369. The number of aliphatic imine (C=N–C) groups is 4. The van der Waals surface area contributed by atoms with Crippen LogP contribution >= 0.6 is 11.3 Å². The van der Waals surface area contributed by atoms with Crippen molar-refractivity contribution < 1.29 is 0 Å². The van der Waals surface area contributed by atoms with E-state index < -0.39 is 6.17 Å². The molecule has 7 heteroatoms. The third kappa shape index (κ3) is 7.65. The molecule has 0 bridgehead atoms. The lowest BCUT2D eigenvalue weighted by molar-refractivity contribution is 0.756. The molecule has 326 valence electrons. The van der Waals surface area contributed by atoms with Crippen LogP contribution in [-0.4, -0.2) is 23.3 Å². The second kappa shape index (κ2) is 17.1. The van der Waals surface area contributed by atoms with Crippen molar-refractivity contribution in [3.8, 4) is 22.3 Å². The van der Waals surface area contributed by atoms with Crippen molar-refractivity contribution in [2.24, 2.45) is 20.0 Å². The number of hydrogen-bond donors (Lipinski definition) is 2. The topological polar surface area (TPSA) is 73.5 Å². The molecule has 13 rings (SSSR count). The first-order chi connectivity index (χ1) is 34.1. The van der Waals surface area contributed by atoms with Gasteiger partial charge in [0.15, 0.2) is 12.3 Å². The number of nitrogens with zero attached hydrogens (tertiary/aromatic N) is 4. The zero-order valence-corrected chi connectivity index (χ0v) is 38.1. The fourth-order valence-electron chi connectivity index (χ4n) is 9.69. The highest BCUT2D eigenvalue weighted by Crippen LogP contribution is 2.43. The number of hydrogen-bond acceptors (Lipinski definition) is 7. The summed E-state index contributed by atoms with van der Waals surface area (Å²) in [5, 5.41) is 14.4. The predicted octanol–water partition coefficient (Wildman–Crippen LogP) is 14.7. The maximum atomic E-state index is 5.41. The molecule has 0 saturated heterocycles. The van der Waals surface area contributed by atoms with Crippen LogP contribution in [0.5, 0.6) is 0 Å². The van der Waals surface area contributed by atoms with Crippen molar-refractivity contribution in [3.63, 3.8) is 0 Å². The zero-order chi connectivity index (χ0) is 45.7. The summed E-state index contributed by atoms with van der Waals surface area (Å²) in [4.78, 5) is 21.0. The first-order valence-electron chi connectivity index (χ1n) is 23.2. The third-order valence-electron chi connectivity index (χ3n) is 13.2. The lowest BCUT2D eigenvalue weighted by Crippen LogP contribution is -2.36. The molecule has 0 fully saturated rings. The second-order valence-corrected chi connectivity index (χ2v) is 18.6. The lowest BCUT2D eigenvalue weighted by Gasteiger charge is -2.24. The Kier molecular flexibility index (Phi) is 10.1. The van der Waals surface area contributed by atoms with Crippen LogP contribution in [0.25, 0.3) is 64.0 Å². The van der Waals surface area contributed by atoms with Crippen LogP contribution in [0, 0.1) is 0 Å². The Labute approximate surface area is 403 Å². The van der Waals surface area contributed by atoms with E-state index in [4.69, 9.17) is 20.0 Å². The van der Waals surface area contributed by atoms with Crippen molar-refractivity contribution in [1.82, 2.24) is 10.6 Å². The first kappa shape index (κ1) is 40.5. The highest BCUT2D eigenvalue weighted by Gasteiger charge is 2.24. The summed E-state index contributed by atoms with van der Waals surface area (Å²) in [6.07, 6.45) is -0.866. The summed E-state index contributed by atoms with van der Waals surface area (Å²) in [6.45, 7) is 0. The van der Waals surface area contributed by atoms with Crippen molar-refractivity contribution in [3.05, 3.63) is 264 Å². The number of nitrogens with one attached hydrogen (secondary N) is 2. The van der Waals surface area contributed by atoms with Gasteiger partial charge in [-0.1, -0.05) is 200 Å². The van der Waals surface area contributed by atoms with Gasteiger partial charge in [0, 0.05) is 42.4 Å². The zero-order valence-electron chi connectivity index (χ0n) is 37.3. The van der Waals surface area contributed by atoms with E-state index in [9.17, 15) is 0 Å². The molecule has 2 aliphatic rings. The molecule has 2 N–H and O–H groups in total. The fraction of sp³-hybridized carbons (Fsp3) is 0.0323. The molecule has 0 spiro atoms. The van der Waals surface area contributed by atoms with Crippen LogP contribution in [0.4, 0.5) is 0 Å². The van der Waals surface area contributed by atoms with Crippen molar-refractivity contribution in [2.75, 3.05) is 0 Å². The number of amidine groups is 4. The molecular weight excluding hydrogens is 861 g/mol. The Morgan fingerprint density at radius 1 is 0.290 bits per heavy atom. The number of fused-ring (bicyclic) bond motifs is 5. The third-order valence-corrected chi connectivity index (χ3v) is 14.3. The summed E-state index contributed by atoms with van der Waals surface area (Å²) in [7, 11) is 0. The Morgan fingerprint density at radius 2 is 0.826 bits per heavy atom. The van der Waals surface area contributed by atoms with E-state index in [1.54, 1.807) is 0 Å². The fourth-order valence-corrected chi connectivity index (χ4v) is 10.8. The van der Waals surface area contributed by atoms with Crippen LogP contribution < -0.4 is 10.6 Å². The van der Waals surface area contributed by atoms with Gasteiger partial charge in [0.1, 0.15) is 23.3 Å². The number of benzene rings is 10. The first-order valence-corrected chi connectivity index (χ1v) is 24.1. The minimum Gasteiger partial charge on any atom is -0.324 e. The monoisotopic (exact) mass is 902 g/mol. The molecule has 11 aromatic rings. The van der Waals surface area contributed by atoms with E-state index in [-0.39, 0.29) is 6.17 Å². The quantitative estimate of drug-likeness (QED) is 0.159. The van der Waals surface area contributed by atoms with E-state index in [1.165, 1.54) is 25.6 Å². The van der Waals surface area contributed by atoms with Gasteiger partial charge >= 0.3 is 0 Å². The Balaban J connectivity index is 0.923. The highest BCUT2D eigenvalue weighted by molar-refractivity contribution is 7.25. The van der Waals surface area contributed by atoms with Crippen LogP contribution in [0.1, 0.15) is 45.7 Å². The van der Waals surface area contributed by atoms with Gasteiger partial charge in [0.05, 0.1) is 0 Å². The maximum Gasteiger partial charge on any atom is 0.169 e. The number of rotatable bonds is 8. The van der Waals surface area contributed by atoms with E-state index in [2.05, 4.69) is 205 Å². The van der Waals surface area contributed by atoms with Crippen molar-refractivity contribution in [2.45, 2.75) is 12.3 Å². The summed E-state index contributed by atoms with van der Waals surface area (Å²) < 4.78 is 2.51. The maximum absolute atomic E-state index is 5.41. The smallest absolute Gasteiger partial charge is 0.169 e. The van der Waals surface area contributed by atoms with Gasteiger partial charge in [0.25, 0.3) is 0 Å². The summed E-state index contributed by atoms with van der Waals surface area (Å²) in [5.41, 5.74) is 10.6. The molecule has 0 saturated carbocycles. The van der Waals surface area contributed by atoms with Crippen LogP contribution in [0.15, 0.2) is 250 Å². The van der Waals surface area contributed by atoms with Crippen LogP contribution in [0.2, 0.25) is 0 Å². The van der Waals surface area contributed by atoms with Gasteiger partial charge in [-0.3, -0.25) is 0 Å². The van der Waals surface area contributed by atoms with Crippen LogP contribution in [-0.2, 0) is 0 Å². The summed E-state index contributed by atoms with van der Waals surface area (Å²) >= 11 is 1.84. The Bertz CT molecular complexity index is 3900. The molecular formula is C62H42N6S. The molecule has 0 aliphatic carbocycles. The van der Waals surface area contributed by atoms with Gasteiger partial charge in [0.2, 0.25) is 0 Å². The normalized spacial score (nSPS) is 15.8. The lowest BCUT2D eigenvalue weighted by atomic mass is 9.91. The average Bonchev–Trinajstić information content (AvgIpc) is 3.80. The molecule has 2 atom stereocenters. The van der Waals surface area contributed by atoms with Gasteiger partial charge in [-0.15, -0.1) is 11.3 Å². The molecule has 69 heavy (non-hydrogen) atoms. The van der Waals surface area contributed by atoms with E-state index in [1.807, 2.05) is 47.7 Å². The van der Waals surface area contributed by atoms with Crippen molar-refractivity contribution in [1.29, 1.82) is 0 Å². The Hall–Kier alpha value is -8.78. The Morgan fingerprint density at radius 3 is 1.64 bits per heavy atom. The largest absolute Gasteiger partial charge is 0.324 e. The van der Waals surface area contributed by atoms with Gasteiger partial charge in [-0.05, 0) is 85.3 Å². The molecule has 6 nitrogen and oxygen atoms in total. The minimum atomic E-state index is -0.497. The van der Waals surface area contributed by atoms with E-state index in [0.717, 1.165) is 95.1 Å². The highest BCUT2D eigenvalue weighted by atomic mass is 32.1. The van der Waals surface area contributed by atoms with E-state index in [0.29, 0.717) is 0 Å². The molecule has 0 radical (unpaired) electrons.